The van der Waals surface area contributed by atoms with Crippen molar-refractivity contribution in [1.82, 2.24) is 5.32 Å². The van der Waals surface area contributed by atoms with Crippen molar-refractivity contribution >= 4 is 11.3 Å². The SMILES string of the molecule is C#CCC(Cc1ccsc1)NC. The molecule has 0 aliphatic carbocycles. The normalized spacial score (nSPS) is 12.3. The molecule has 1 aromatic rings. The molecular weight excluding hydrogens is 166 g/mol. The van der Waals surface area contributed by atoms with E-state index in [1.54, 1.807) is 11.3 Å². The van der Waals surface area contributed by atoms with Gasteiger partial charge in [-0.15, -0.1) is 12.3 Å². The quantitative estimate of drug-likeness (QED) is 0.696. The summed E-state index contributed by atoms with van der Waals surface area (Å²) in [6.45, 7) is 0. The third-order valence-corrected chi connectivity index (χ3v) is 2.57. The maximum absolute atomic E-state index is 5.25. The average Bonchev–Trinajstić information content (AvgIpc) is 2.56. The van der Waals surface area contributed by atoms with E-state index < -0.39 is 0 Å². The highest BCUT2D eigenvalue weighted by molar-refractivity contribution is 7.07. The second kappa shape index (κ2) is 4.97. The number of likely N-dealkylation sites (N-methyl/N-ethyl adjacent to an activating group) is 1. The Morgan fingerprint density at radius 1 is 1.75 bits per heavy atom. The molecule has 64 valence electrons. The summed E-state index contributed by atoms with van der Waals surface area (Å²) in [5.41, 5.74) is 1.37. The highest BCUT2D eigenvalue weighted by atomic mass is 32.1. The molecule has 0 amide bonds. The Morgan fingerprint density at radius 3 is 3.08 bits per heavy atom. The van der Waals surface area contributed by atoms with Gasteiger partial charge in [0.1, 0.15) is 0 Å². The van der Waals surface area contributed by atoms with Gasteiger partial charge in [0.25, 0.3) is 0 Å². The number of terminal acetylenes is 1. The Labute approximate surface area is 77.8 Å². The van der Waals surface area contributed by atoms with Crippen LogP contribution >= 0.6 is 11.3 Å². The molecular formula is C10H13NS. The number of thiophene rings is 1. The number of nitrogens with one attached hydrogen (secondary N) is 1. The van der Waals surface area contributed by atoms with Crippen LogP contribution in [0.2, 0.25) is 0 Å². The third kappa shape index (κ3) is 2.69. The van der Waals surface area contributed by atoms with Crippen LogP contribution in [0.4, 0.5) is 0 Å². The molecule has 12 heavy (non-hydrogen) atoms. The van der Waals surface area contributed by atoms with E-state index >= 15 is 0 Å². The fourth-order valence-electron chi connectivity index (χ4n) is 1.11. The van der Waals surface area contributed by atoms with Crippen molar-refractivity contribution in [1.29, 1.82) is 0 Å². The standard InChI is InChI=1S/C10H13NS/c1-3-4-10(11-2)7-9-5-6-12-8-9/h1,5-6,8,10-11H,4,7H2,2H3. The van der Waals surface area contributed by atoms with Gasteiger partial charge >= 0.3 is 0 Å². The summed E-state index contributed by atoms with van der Waals surface area (Å²) < 4.78 is 0. The predicted molar refractivity (Wildman–Crippen MR) is 54.3 cm³/mol. The second-order valence-corrected chi connectivity index (χ2v) is 3.51. The van der Waals surface area contributed by atoms with Crippen molar-refractivity contribution in [2.75, 3.05) is 7.05 Å². The minimum Gasteiger partial charge on any atom is -0.316 e. The van der Waals surface area contributed by atoms with Gasteiger partial charge in [-0.2, -0.15) is 11.3 Å². The minimum absolute atomic E-state index is 0.421. The van der Waals surface area contributed by atoms with Crippen molar-refractivity contribution in [3.63, 3.8) is 0 Å². The van der Waals surface area contributed by atoms with Crippen LogP contribution in [0.3, 0.4) is 0 Å². The number of rotatable bonds is 4. The molecule has 1 unspecified atom stereocenters. The van der Waals surface area contributed by atoms with Gasteiger partial charge < -0.3 is 5.32 Å². The maximum atomic E-state index is 5.25. The molecule has 1 nitrogen and oxygen atoms in total. The molecule has 0 fully saturated rings. The number of hydrogen-bond acceptors (Lipinski definition) is 2. The first kappa shape index (κ1) is 9.31. The fourth-order valence-corrected chi connectivity index (χ4v) is 1.79. The highest BCUT2D eigenvalue weighted by Gasteiger charge is 2.04. The number of hydrogen-bond donors (Lipinski definition) is 1. The lowest BCUT2D eigenvalue weighted by atomic mass is 10.1. The van der Waals surface area contributed by atoms with Crippen LogP contribution < -0.4 is 5.32 Å². The first-order chi connectivity index (χ1) is 5.86. The first-order valence-electron chi connectivity index (χ1n) is 3.98. The van der Waals surface area contributed by atoms with Crippen LogP contribution in [0, 0.1) is 12.3 Å². The van der Waals surface area contributed by atoms with E-state index in [1.165, 1.54) is 5.56 Å². The summed E-state index contributed by atoms with van der Waals surface area (Å²) in [5, 5.41) is 7.47. The Hall–Kier alpha value is -0.780. The van der Waals surface area contributed by atoms with Gasteiger partial charge in [-0.25, -0.2) is 0 Å². The Kier molecular flexibility index (Phi) is 3.86. The van der Waals surface area contributed by atoms with Crippen molar-refractivity contribution < 1.29 is 0 Å². The van der Waals surface area contributed by atoms with Gasteiger partial charge in [-0.05, 0) is 35.9 Å². The van der Waals surface area contributed by atoms with Crippen molar-refractivity contribution in [2.24, 2.45) is 0 Å². The lowest BCUT2D eigenvalue weighted by Gasteiger charge is -2.11. The predicted octanol–water partition coefficient (Wildman–Crippen LogP) is 1.90. The van der Waals surface area contributed by atoms with E-state index in [-0.39, 0.29) is 0 Å². The first-order valence-corrected chi connectivity index (χ1v) is 4.93. The molecule has 0 saturated carbocycles. The molecule has 0 bridgehead atoms. The molecule has 0 spiro atoms. The molecule has 0 radical (unpaired) electrons. The van der Waals surface area contributed by atoms with Gasteiger partial charge in [0, 0.05) is 12.5 Å². The van der Waals surface area contributed by atoms with E-state index in [9.17, 15) is 0 Å². The van der Waals surface area contributed by atoms with E-state index in [0.717, 1.165) is 12.8 Å². The summed E-state index contributed by atoms with van der Waals surface area (Å²) in [6, 6.07) is 2.57. The van der Waals surface area contributed by atoms with E-state index in [4.69, 9.17) is 6.42 Å². The van der Waals surface area contributed by atoms with Crippen LogP contribution in [0.5, 0.6) is 0 Å². The zero-order valence-electron chi connectivity index (χ0n) is 7.21. The molecule has 0 saturated heterocycles. The summed E-state index contributed by atoms with van der Waals surface area (Å²) in [6.07, 6.45) is 7.08. The van der Waals surface area contributed by atoms with E-state index in [2.05, 4.69) is 28.1 Å². The van der Waals surface area contributed by atoms with Gasteiger partial charge in [-0.3, -0.25) is 0 Å². The summed E-state index contributed by atoms with van der Waals surface area (Å²) in [7, 11) is 1.95. The summed E-state index contributed by atoms with van der Waals surface area (Å²) in [4.78, 5) is 0. The lowest BCUT2D eigenvalue weighted by molar-refractivity contribution is 0.574. The van der Waals surface area contributed by atoms with E-state index in [0.29, 0.717) is 6.04 Å². The van der Waals surface area contributed by atoms with Crippen molar-refractivity contribution in [2.45, 2.75) is 18.9 Å². The van der Waals surface area contributed by atoms with Gasteiger partial charge in [0.2, 0.25) is 0 Å². The molecule has 0 aliphatic rings. The van der Waals surface area contributed by atoms with Crippen molar-refractivity contribution in [3.05, 3.63) is 22.4 Å². The molecule has 1 heterocycles. The maximum Gasteiger partial charge on any atom is 0.0243 e. The lowest BCUT2D eigenvalue weighted by Crippen LogP contribution is -2.26. The Morgan fingerprint density at radius 2 is 2.58 bits per heavy atom. The molecule has 2 heteroatoms. The van der Waals surface area contributed by atoms with Gasteiger partial charge in [0.05, 0.1) is 0 Å². The van der Waals surface area contributed by atoms with Crippen LogP contribution in [0.1, 0.15) is 12.0 Å². The van der Waals surface area contributed by atoms with Crippen LogP contribution in [-0.2, 0) is 6.42 Å². The smallest absolute Gasteiger partial charge is 0.0243 e. The molecule has 1 rings (SSSR count). The topological polar surface area (TPSA) is 12.0 Å². The third-order valence-electron chi connectivity index (χ3n) is 1.83. The second-order valence-electron chi connectivity index (χ2n) is 2.73. The van der Waals surface area contributed by atoms with Crippen LogP contribution in [-0.4, -0.2) is 13.1 Å². The average molecular weight is 179 g/mol. The Bertz CT molecular complexity index is 245. The highest BCUT2D eigenvalue weighted by Crippen LogP contribution is 2.09. The summed E-state index contributed by atoms with van der Waals surface area (Å²) in [5.74, 6) is 2.67. The molecule has 1 N–H and O–H groups in total. The minimum atomic E-state index is 0.421. The zero-order chi connectivity index (χ0) is 8.81. The monoisotopic (exact) mass is 179 g/mol. The van der Waals surface area contributed by atoms with Crippen LogP contribution in [0.25, 0.3) is 0 Å². The summed E-state index contributed by atoms with van der Waals surface area (Å²) >= 11 is 1.73. The molecule has 0 aliphatic heterocycles. The molecule has 1 atom stereocenters. The van der Waals surface area contributed by atoms with Gasteiger partial charge in [0.15, 0.2) is 0 Å². The zero-order valence-corrected chi connectivity index (χ0v) is 8.03. The van der Waals surface area contributed by atoms with Crippen molar-refractivity contribution in [3.8, 4) is 12.3 Å². The van der Waals surface area contributed by atoms with E-state index in [1.807, 2.05) is 7.05 Å². The molecule has 0 aromatic carbocycles. The molecule has 1 aromatic heterocycles. The fraction of sp³-hybridized carbons (Fsp3) is 0.400. The largest absolute Gasteiger partial charge is 0.316 e. The van der Waals surface area contributed by atoms with Gasteiger partial charge in [-0.1, -0.05) is 0 Å². The Balaban J connectivity index is 2.44. The van der Waals surface area contributed by atoms with Crippen LogP contribution in [0.15, 0.2) is 16.8 Å².